The SMILES string of the molecule is CCOc1ccc(C2=NN3[C@@H](c4ccccn4)Oc4c(OCC)cccc4[C@@H]3C2)cc1. The van der Waals surface area contributed by atoms with Gasteiger partial charge >= 0.3 is 0 Å². The molecule has 158 valence electrons. The molecule has 3 heterocycles. The van der Waals surface area contributed by atoms with E-state index in [0.29, 0.717) is 13.2 Å². The lowest BCUT2D eigenvalue weighted by molar-refractivity contribution is -0.0240. The van der Waals surface area contributed by atoms with Crippen molar-refractivity contribution in [3.63, 3.8) is 0 Å². The van der Waals surface area contributed by atoms with E-state index in [-0.39, 0.29) is 6.04 Å². The predicted molar refractivity (Wildman–Crippen MR) is 119 cm³/mol. The smallest absolute Gasteiger partial charge is 0.230 e. The van der Waals surface area contributed by atoms with Gasteiger partial charge in [-0.2, -0.15) is 5.10 Å². The van der Waals surface area contributed by atoms with Gasteiger partial charge in [-0.3, -0.25) is 4.98 Å². The normalized spacial score (nSPS) is 19.2. The first-order chi connectivity index (χ1) is 15.3. The molecule has 6 nitrogen and oxygen atoms in total. The molecular weight excluding hydrogens is 390 g/mol. The summed E-state index contributed by atoms with van der Waals surface area (Å²) in [6.45, 7) is 5.20. The van der Waals surface area contributed by atoms with Crippen molar-refractivity contribution in [2.45, 2.75) is 32.5 Å². The molecule has 2 aliphatic heterocycles. The minimum atomic E-state index is -0.416. The zero-order valence-corrected chi connectivity index (χ0v) is 17.7. The Bertz CT molecular complexity index is 1080. The van der Waals surface area contributed by atoms with E-state index in [1.54, 1.807) is 6.20 Å². The molecule has 3 aromatic rings. The van der Waals surface area contributed by atoms with Crippen molar-refractivity contribution >= 4 is 5.71 Å². The van der Waals surface area contributed by atoms with E-state index in [4.69, 9.17) is 19.3 Å². The number of fused-ring (bicyclic) bond motifs is 3. The second kappa shape index (κ2) is 8.30. The Hall–Kier alpha value is -3.54. The molecule has 31 heavy (non-hydrogen) atoms. The molecule has 5 rings (SSSR count). The maximum Gasteiger partial charge on any atom is 0.230 e. The topological polar surface area (TPSA) is 56.2 Å². The Morgan fingerprint density at radius 2 is 1.81 bits per heavy atom. The van der Waals surface area contributed by atoms with Gasteiger partial charge in [-0.1, -0.05) is 18.2 Å². The Morgan fingerprint density at radius 1 is 0.968 bits per heavy atom. The average molecular weight is 415 g/mol. The summed E-state index contributed by atoms with van der Waals surface area (Å²) in [6, 6.07) is 20.1. The van der Waals surface area contributed by atoms with Crippen molar-refractivity contribution in [2.75, 3.05) is 13.2 Å². The predicted octanol–water partition coefficient (Wildman–Crippen LogP) is 5.12. The quantitative estimate of drug-likeness (QED) is 0.559. The van der Waals surface area contributed by atoms with Crippen molar-refractivity contribution in [1.29, 1.82) is 0 Å². The lowest BCUT2D eigenvalue weighted by Gasteiger charge is -2.38. The minimum absolute atomic E-state index is 0.0535. The molecule has 0 fully saturated rings. The molecule has 2 aliphatic rings. The number of rotatable bonds is 6. The van der Waals surface area contributed by atoms with E-state index in [9.17, 15) is 0 Å². The summed E-state index contributed by atoms with van der Waals surface area (Å²) in [5.74, 6) is 2.41. The summed E-state index contributed by atoms with van der Waals surface area (Å²) in [4.78, 5) is 4.55. The van der Waals surface area contributed by atoms with E-state index >= 15 is 0 Å². The first kappa shape index (κ1) is 19.4. The van der Waals surface area contributed by atoms with Crippen LogP contribution in [0.15, 0.2) is 72.0 Å². The number of aromatic nitrogens is 1. The molecule has 2 atom stereocenters. The van der Waals surface area contributed by atoms with Gasteiger partial charge < -0.3 is 14.2 Å². The van der Waals surface area contributed by atoms with Crippen LogP contribution in [0, 0.1) is 0 Å². The van der Waals surface area contributed by atoms with Gasteiger partial charge in [0.25, 0.3) is 0 Å². The molecule has 0 radical (unpaired) electrons. The molecule has 6 heteroatoms. The Morgan fingerprint density at radius 3 is 2.55 bits per heavy atom. The molecule has 0 saturated heterocycles. The number of benzene rings is 2. The number of hydrogen-bond acceptors (Lipinski definition) is 6. The van der Waals surface area contributed by atoms with Gasteiger partial charge in [0.2, 0.25) is 6.23 Å². The van der Waals surface area contributed by atoms with Gasteiger partial charge in [0, 0.05) is 18.2 Å². The van der Waals surface area contributed by atoms with E-state index in [1.807, 2.05) is 61.3 Å². The molecule has 0 bridgehead atoms. The highest BCUT2D eigenvalue weighted by Crippen LogP contribution is 2.50. The third kappa shape index (κ3) is 3.58. The Kier molecular flexibility index (Phi) is 5.20. The van der Waals surface area contributed by atoms with Crippen molar-refractivity contribution in [2.24, 2.45) is 5.10 Å². The third-order valence-electron chi connectivity index (χ3n) is 5.52. The second-order valence-corrected chi connectivity index (χ2v) is 7.44. The zero-order chi connectivity index (χ0) is 21.2. The van der Waals surface area contributed by atoms with Gasteiger partial charge in [-0.15, -0.1) is 0 Å². The summed E-state index contributed by atoms with van der Waals surface area (Å²) in [7, 11) is 0. The van der Waals surface area contributed by atoms with Crippen molar-refractivity contribution in [3.05, 3.63) is 83.7 Å². The highest BCUT2D eigenvalue weighted by molar-refractivity contribution is 6.02. The lowest BCUT2D eigenvalue weighted by atomic mass is 9.96. The highest BCUT2D eigenvalue weighted by atomic mass is 16.5. The van der Waals surface area contributed by atoms with Gasteiger partial charge in [0.05, 0.1) is 25.0 Å². The summed E-state index contributed by atoms with van der Waals surface area (Å²) < 4.78 is 17.9. The Balaban J connectivity index is 1.55. The van der Waals surface area contributed by atoms with Crippen LogP contribution in [0.4, 0.5) is 0 Å². The second-order valence-electron chi connectivity index (χ2n) is 7.44. The van der Waals surface area contributed by atoms with Crippen molar-refractivity contribution < 1.29 is 14.2 Å². The molecule has 0 spiro atoms. The lowest BCUT2D eigenvalue weighted by Crippen LogP contribution is -2.34. The molecule has 2 aromatic carbocycles. The van der Waals surface area contributed by atoms with E-state index < -0.39 is 6.23 Å². The Labute approximate surface area is 182 Å². The summed E-state index contributed by atoms with van der Waals surface area (Å²) in [5, 5.41) is 7.03. The highest BCUT2D eigenvalue weighted by Gasteiger charge is 2.42. The number of ether oxygens (including phenoxy) is 3. The fraction of sp³-hybridized carbons (Fsp3) is 0.280. The first-order valence-corrected chi connectivity index (χ1v) is 10.7. The van der Waals surface area contributed by atoms with Crippen LogP contribution in [0.2, 0.25) is 0 Å². The van der Waals surface area contributed by atoms with E-state index in [1.165, 1.54) is 0 Å². The fourth-order valence-electron chi connectivity index (χ4n) is 4.15. The molecule has 0 saturated carbocycles. The van der Waals surface area contributed by atoms with Crippen LogP contribution in [0.3, 0.4) is 0 Å². The van der Waals surface area contributed by atoms with Crippen LogP contribution >= 0.6 is 0 Å². The monoisotopic (exact) mass is 415 g/mol. The fourth-order valence-corrected chi connectivity index (χ4v) is 4.15. The van der Waals surface area contributed by atoms with Crippen LogP contribution in [-0.2, 0) is 0 Å². The molecule has 0 unspecified atom stereocenters. The summed E-state index contributed by atoms with van der Waals surface area (Å²) in [6.07, 6.45) is 2.15. The molecular formula is C25H25N3O3. The number of para-hydroxylation sites is 1. The first-order valence-electron chi connectivity index (χ1n) is 10.7. The molecule has 0 amide bonds. The van der Waals surface area contributed by atoms with Crippen LogP contribution < -0.4 is 14.2 Å². The van der Waals surface area contributed by atoms with Gasteiger partial charge in [0.15, 0.2) is 11.5 Å². The molecule has 0 N–H and O–H groups in total. The molecule has 0 aliphatic carbocycles. The summed E-state index contributed by atoms with van der Waals surface area (Å²) >= 11 is 0. The average Bonchev–Trinajstić information content (AvgIpc) is 3.26. The van der Waals surface area contributed by atoms with Crippen LogP contribution in [-0.4, -0.2) is 28.9 Å². The van der Waals surface area contributed by atoms with Crippen LogP contribution in [0.5, 0.6) is 17.2 Å². The van der Waals surface area contributed by atoms with Crippen molar-refractivity contribution in [1.82, 2.24) is 9.99 Å². The summed E-state index contributed by atoms with van der Waals surface area (Å²) in [5.41, 5.74) is 4.01. The number of hydrogen-bond donors (Lipinski definition) is 0. The maximum absolute atomic E-state index is 6.46. The van der Waals surface area contributed by atoms with Gasteiger partial charge in [-0.05, 0) is 61.9 Å². The largest absolute Gasteiger partial charge is 0.494 e. The van der Waals surface area contributed by atoms with Gasteiger partial charge in [-0.25, -0.2) is 5.01 Å². The number of hydrazone groups is 1. The van der Waals surface area contributed by atoms with Crippen molar-refractivity contribution in [3.8, 4) is 17.2 Å². The standard InChI is InChI=1S/C25H25N3O3/c1-3-29-18-13-11-17(12-14-18)21-16-22-19-8-7-10-23(30-4-2)24(19)31-25(28(22)27-21)20-9-5-6-15-26-20/h5-15,22,25H,3-4,16H2,1-2H3/t22-,25+/m0/s1. The van der Waals surface area contributed by atoms with Crippen LogP contribution in [0.1, 0.15) is 49.4 Å². The molecule has 1 aromatic heterocycles. The van der Waals surface area contributed by atoms with Crippen LogP contribution in [0.25, 0.3) is 0 Å². The minimum Gasteiger partial charge on any atom is -0.494 e. The van der Waals surface area contributed by atoms with E-state index in [0.717, 1.165) is 46.2 Å². The third-order valence-corrected chi connectivity index (χ3v) is 5.52. The van der Waals surface area contributed by atoms with Gasteiger partial charge in [0.1, 0.15) is 11.4 Å². The zero-order valence-electron chi connectivity index (χ0n) is 17.7. The number of nitrogens with zero attached hydrogens (tertiary/aromatic N) is 3. The maximum atomic E-state index is 6.46. The number of pyridine rings is 1. The van der Waals surface area contributed by atoms with E-state index in [2.05, 4.69) is 23.2 Å².